The molecule has 12 heavy (non-hydrogen) atoms. The van der Waals surface area contributed by atoms with Gasteiger partial charge in [-0.2, -0.15) is 5.26 Å². The molecule has 1 aliphatic rings. The lowest BCUT2D eigenvalue weighted by molar-refractivity contribution is -0.134. The van der Waals surface area contributed by atoms with Gasteiger partial charge in [0.25, 0.3) is 5.97 Å². The van der Waals surface area contributed by atoms with E-state index in [9.17, 15) is 0 Å². The first-order valence-corrected chi connectivity index (χ1v) is 3.83. The Hall–Kier alpha value is -1.08. The number of rotatable bonds is 0. The van der Waals surface area contributed by atoms with Crippen molar-refractivity contribution in [3.8, 4) is 6.07 Å². The predicted octanol–water partition coefficient (Wildman–Crippen LogP) is 0.906. The molecule has 1 saturated carbocycles. The van der Waals surface area contributed by atoms with E-state index in [0.29, 0.717) is 12.8 Å². The summed E-state index contributed by atoms with van der Waals surface area (Å²) >= 11 is 0. The van der Waals surface area contributed by atoms with Crippen LogP contribution in [0.15, 0.2) is 0 Å². The van der Waals surface area contributed by atoms with Crippen molar-refractivity contribution in [1.82, 2.24) is 0 Å². The molecule has 0 unspecified atom stereocenters. The molecule has 0 atom stereocenters. The zero-order chi connectivity index (χ0) is 9.61. The van der Waals surface area contributed by atoms with E-state index >= 15 is 0 Å². The molecule has 0 aromatic rings. The fourth-order valence-electron chi connectivity index (χ4n) is 1.07. The quantitative estimate of drug-likeness (QED) is 0.531. The summed E-state index contributed by atoms with van der Waals surface area (Å²) in [5, 5.41) is 24.9. The Morgan fingerprint density at radius 2 is 1.83 bits per heavy atom. The summed E-state index contributed by atoms with van der Waals surface area (Å²) in [6, 6.07) is 1.90. The highest BCUT2D eigenvalue weighted by Gasteiger charge is 2.30. The van der Waals surface area contributed by atoms with Gasteiger partial charge in [0.15, 0.2) is 5.60 Å². The zero-order valence-electron chi connectivity index (χ0n) is 7.08. The molecule has 1 fully saturated rings. The summed E-state index contributed by atoms with van der Waals surface area (Å²) in [5.41, 5.74) is -0.958. The predicted molar refractivity (Wildman–Crippen MR) is 42.3 cm³/mol. The van der Waals surface area contributed by atoms with Crippen LogP contribution in [0.1, 0.15) is 32.6 Å². The van der Waals surface area contributed by atoms with E-state index in [1.54, 1.807) is 0 Å². The third kappa shape index (κ3) is 4.69. The molecule has 68 valence electrons. The minimum Gasteiger partial charge on any atom is -0.481 e. The van der Waals surface area contributed by atoms with Crippen LogP contribution in [-0.4, -0.2) is 21.8 Å². The summed E-state index contributed by atoms with van der Waals surface area (Å²) in [5.74, 6) is -0.833. The van der Waals surface area contributed by atoms with Gasteiger partial charge in [0, 0.05) is 6.92 Å². The molecule has 0 saturated heterocycles. The first-order chi connectivity index (χ1) is 5.50. The smallest absolute Gasteiger partial charge is 0.300 e. The third-order valence-electron chi connectivity index (χ3n) is 1.64. The number of carboxylic acids is 1. The second-order valence-corrected chi connectivity index (χ2v) is 2.87. The maximum absolute atomic E-state index is 9.14. The molecule has 1 rings (SSSR count). The number of hydrogen-bond acceptors (Lipinski definition) is 3. The Kier molecular flexibility index (Phi) is 4.30. The molecular weight excluding hydrogens is 158 g/mol. The van der Waals surface area contributed by atoms with Crippen LogP contribution in [0.2, 0.25) is 0 Å². The van der Waals surface area contributed by atoms with Crippen LogP contribution in [0.3, 0.4) is 0 Å². The summed E-state index contributed by atoms with van der Waals surface area (Å²) in [7, 11) is 0. The molecule has 2 N–H and O–H groups in total. The highest BCUT2D eigenvalue weighted by molar-refractivity contribution is 5.62. The second-order valence-electron chi connectivity index (χ2n) is 2.87. The van der Waals surface area contributed by atoms with Gasteiger partial charge in [0.2, 0.25) is 0 Å². The highest BCUT2D eigenvalue weighted by atomic mass is 16.4. The Bertz CT molecular complexity index is 185. The molecule has 0 amide bonds. The van der Waals surface area contributed by atoms with Crippen LogP contribution in [0.4, 0.5) is 0 Å². The van der Waals surface area contributed by atoms with E-state index in [2.05, 4.69) is 0 Å². The van der Waals surface area contributed by atoms with Gasteiger partial charge in [-0.25, -0.2) is 0 Å². The fraction of sp³-hybridized carbons (Fsp3) is 0.750. The molecule has 0 radical (unpaired) electrons. The molecule has 4 nitrogen and oxygen atoms in total. The highest BCUT2D eigenvalue weighted by Crippen LogP contribution is 2.27. The molecule has 0 aromatic carbocycles. The largest absolute Gasteiger partial charge is 0.481 e. The van der Waals surface area contributed by atoms with Gasteiger partial charge in [-0.1, -0.05) is 0 Å². The van der Waals surface area contributed by atoms with Crippen molar-refractivity contribution in [2.75, 3.05) is 0 Å². The number of carbonyl (C=O) groups is 1. The fourth-order valence-corrected chi connectivity index (χ4v) is 1.07. The van der Waals surface area contributed by atoms with Gasteiger partial charge in [-0.3, -0.25) is 4.79 Å². The van der Waals surface area contributed by atoms with E-state index in [-0.39, 0.29) is 0 Å². The Morgan fingerprint density at radius 1 is 1.50 bits per heavy atom. The lowest BCUT2D eigenvalue weighted by atomic mass is 10.1. The summed E-state index contributed by atoms with van der Waals surface area (Å²) in [6.45, 7) is 1.08. The normalized spacial score (nSPS) is 18.8. The molecule has 0 spiro atoms. The average molecular weight is 171 g/mol. The van der Waals surface area contributed by atoms with Gasteiger partial charge < -0.3 is 10.2 Å². The van der Waals surface area contributed by atoms with Crippen molar-refractivity contribution in [2.24, 2.45) is 0 Å². The molecule has 1 aliphatic carbocycles. The van der Waals surface area contributed by atoms with Crippen LogP contribution in [0.5, 0.6) is 0 Å². The average Bonchev–Trinajstić information content (AvgIpc) is 2.36. The lowest BCUT2D eigenvalue weighted by Crippen LogP contribution is -2.20. The van der Waals surface area contributed by atoms with Gasteiger partial charge >= 0.3 is 0 Å². The maximum atomic E-state index is 9.14. The van der Waals surface area contributed by atoms with Crippen molar-refractivity contribution in [2.45, 2.75) is 38.2 Å². The van der Waals surface area contributed by atoms with Crippen molar-refractivity contribution in [3.63, 3.8) is 0 Å². The molecule has 0 aromatic heterocycles. The van der Waals surface area contributed by atoms with Crippen LogP contribution in [0.25, 0.3) is 0 Å². The van der Waals surface area contributed by atoms with Crippen molar-refractivity contribution >= 4 is 5.97 Å². The van der Waals surface area contributed by atoms with Crippen molar-refractivity contribution in [3.05, 3.63) is 0 Å². The summed E-state index contributed by atoms with van der Waals surface area (Å²) in [6.07, 6.45) is 3.35. The number of carboxylic acid groups (broad SMARTS) is 1. The van der Waals surface area contributed by atoms with E-state index in [4.69, 9.17) is 20.3 Å². The minimum absolute atomic E-state index is 0.670. The minimum atomic E-state index is -0.958. The maximum Gasteiger partial charge on any atom is 0.300 e. The van der Waals surface area contributed by atoms with Gasteiger partial charge in [-0.15, -0.1) is 0 Å². The number of nitriles is 1. The Labute approximate surface area is 71.4 Å². The topological polar surface area (TPSA) is 81.3 Å². The first kappa shape index (κ1) is 10.9. The van der Waals surface area contributed by atoms with E-state index in [0.717, 1.165) is 19.8 Å². The molecule has 0 aliphatic heterocycles. The van der Waals surface area contributed by atoms with Crippen molar-refractivity contribution in [1.29, 1.82) is 5.26 Å². The zero-order valence-corrected chi connectivity index (χ0v) is 7.08. The van der Waals surface area contributed by atoms with Crippen LogP contribution >= 0.6 is 0 Å². The SMILES string of the molecule is CC(=O)O.N#CC1(O)CCCC1. The first-order valence-electron chi connectivity index (χ1n) is 3.83. The summed E-state index contributed by atoms with van der Waals surface area (Å²) in [4.78, 5) is 9.00. The van der Waals surface area contributed by atoms with E-state index in [1.807, 2.05) is 6.07 Å². The van der Waals surface area contributed by atoms with Crippen LogP contribution in [0, 0.1) is 11.3 Å². The van der Waals surface area contributed by atoms with E-state index in [1.165, 1.54) is 0 Å². The number of hydrogen-bond donors (Lipinski definition) is 2. The molecule has 0 heterocycles. The van der Waals surface area contributed by atoms with E-state index < -0.39 is 11.6 Å². The molecular formula is C8H13NO3. The summed E-state index contributed by atoms with van der Waals surface area (Å²) < 4.78 is 0. The number of aliphatic carboxylic acids is 1. The number of aliphatic hydroxyl groups is 1. The Balaban J connectivity index is 0.000000261. The van der Waals surface area contributed by atoms with Crippen molar-refractivity contribution < 1.29 is 15.0 Å². The molecule has 0 bridgehead atoms. The van der Waals surface area contributed by atoms with Gasteiger partial charge in [0.1, 0.15) is 0 Å². The third-order valence-corrected chi connectivity index (χ3v) is 1.64. The standard InChI is InChI=1S/C6H9NO.C2H4O2/c7-5-6(8)3-1-2-4-6;1-2(3)4/h8H,1-4H2;1H3,(H,3,4). The van der Waals surface area contributed by atoms with Gasteiger partial charge in [-0.05, 0) is 25.7 Å². The lowest BCUT2D eigenvalue weighted by Gasteiger charge is -2.08. The van der Waals surface area contributed by atoms with Crippen LogP contribution in [-0.2, 0) is 4.79 Å². The number of nitrogens with zero attached hydrogens (tertiary/aromatic N) is 1. The Morgan fingerprint density at radius 3 is 2.00 bits per heavy atom. The van der Waals surface area contributed by atoms with Gasteiger partial charge in [0.05, 0.1) is 6.07 Å². The van der Waals surface area contributed by atoms with Crippen LogP contribution < -0.4 is 0 Å². The second kappa shape index (κ2) is 4.73. The molecule has 4 heteroatoms. The monoisotopic (exact) mass is 171 g/mol.